The average molecular weight is 313 g/mol. The molecule has 0 aliphatic carbocycles. The second-order valence-electron chi connectivity index (χ2n) is 4.98. The van der Waals surface area contributed by atoms with Crippen LogP contribution < -0.4 is 10.1 Å². The van der Waals surface area contributed by atoms with Gasteiger partial charge in [-0.1, -0.05) is 17.7 Å². The maximum absolute atomic E-state index is 12.3. The number of urea groups is 1. The zero-order valence-corrected chi connectivity index (χ0v) is 12.9. The molecule has 1 atom stereocenters. The standard InChI is InChI=1S/C15H21ClN2O3/c1-2-18(7-8-19)15(20)17-13-4-3-9-21-14-10-11(16)5-6-12(13)14/h5-6,10,13,19H,2-4,7-9H2,1H3,(H,17,20). The van der Waals surface area contributed by atoms with Crippen LogP contribution in [0.5, 0.6) is 5.75 Å². The molecule has 1 unspecified atom stereocenters. The first-order chi connectivity index (χ1) is 10.2. The summed E-state index contributed by atoms with van der Waals surface area (Å²) in [6.07, 6.45) is 1.68. The van der Waals surface area contributed by atoms with Crippen LogP contribution in [0.2, 0.25) is 5.02 Å². The highest BCUT2D eigenvalue weighted by molar-refractivity contribution is 6.30. The van der Waals surface area contributed by atoms with Crippen molar-refractivity contribution in [2.75, 3.05) is 26.3 Å². The lowest BCUT2D eigenvalue weighted by atomic mass is 10.0. The first-order valence-electron chi connectivity index (χ1n) is 7.24. The van der Waals surface area contributed by atoms with E-state index in [1.165, 1.54) is 0 Å². The van der Waals surface area contributed by atoms with Gasteiger partial charge in [-0.15, -0.1) is 0 Å². The van der Waals surface area contributed by atoms with E-state index in [4.69, 9.17) is 21.4 Å². The maximum atomic E-state index is 12.3. The van der Waals surface area contributed by atoms with Gasteiger partial charge in [0.2, 0.25) is 0 Å². The zero-order chi connectivity index (χ0) is 15.2. The molecule has 21 heavy (non-hydrogen) atoms. The van der Waals surface area contributed by atoms with Gasteiger partial charge < -0.3 is 20.1 Å². The van der Waals surface area contributed by atoms with E-state index in [0.29, 0.717) is 24.7 Å². The van der Waals surface area contributed by atoms with Crippen molar-refractivity contribution in [2.24, 2.45) is 0 Å². The molecule has 0 aromatic heterocycles. The van der Waals surface area contributed by atoms with E-state index in [2.05, 4.69) is 5.32 Å². The minimum Gasteiger partial charge on any atom is -0.493 e. The number of nitrogens with zero attached hydrogens (tertiary/aromatic N) is 1. The number of carbonyl (C=O) groups excluding carboxylic acids is 1. The quantitative estimate of drug-likeness (QED) is 0.898. The van der Waals surface area contributed by atoms with Crippen LogP contribution in [-0.4, -0.2) is 42.3 Å². The Bertz CT molecular complexity index is 496. The number of rotatable bonds is 4. The predicted molar refractivity (Wildman–Crippen MR) is 81.8 cm³/mol. The molecule has 1 aromatic carbocycles. The van der Waals surface area contributed by atoms with Gasteiger partial charge in [-0.25, -0.2) is 4.79 Å². The van der Waals surface area contributed by atoms with Crippen LogP contribution in [0, 0.1) is 0 Å². The largest absolute Gasteiger partial charge is 0.493 e. The first-order valence-corrected chi connectivity index (χ1v) is 7.62. The monoisotopic (exact) mass is 312 g/mol. The number of aliphatic hydroxyl groups excluding tert-OH is 1. The highest BCUT2D eigenvalue weighted by atomic mass is 35.5. The van der Waals surface area contributed by atoms with Crippen molar-refractivity contribution in [3.05, 3.63) is 28.8 Å². The number of amides is 2. The lowest BCUT2D eigenvalue weighted by molar-refractivity contribution is 0.176. The number of nitrogens with one attached hydrogen (secondary N) is 1. The fourth-order valence-corrected chi connectivity index (χ4v) is 2.62. The minimum atomic E-state index is -0.167. The number of fused-ring (bicyclic) bond motifs is 1. The summed E-state index contributed by atoms with van der Waals surface area (Å²) in [6, 6.07) is 5.22. The second-order valence-corrected chi connectivity index (χ2v) is 5.41. The lowest BCUT2D eigenvalue weighted by Gasteiger charge is -2.25. The molecule has 1 heterocycles. The molecular formula is C15H21ClN2O3. The summed E-state index contributed by atoms with van der Waals surface area (Å²) in [6.45, 7) is 3.36. The van der Waals surface area contributed by atoms with E-state index in [1.807, 2.05) is 13.0 Å². The van der Waals surface area contributed by atoms with Gasteiger partial charge in [0.15, 0.2) is 0 Å². The molecule has 116 valence electrons. The van der Waals surface area contributed by atoms with Crippen LogP contribution >= 0.6 is 11.6 Å². The first kappa shape index (κ1) is 15.9. The Morgan fingerprint density at radius 2 is 2.38 bits per heavy atom. The van der Waals surface area contributed by atoms with Crippen LogP contribution in [0.15, 0.2) is 18.2 Å². The Labute approximate surface area is 129 Å². The van der Waals surface area contributed by atoms with Crippen molar-refractivity contribution in [1.29, 1.82) is 0 Å². The third kappa shape index (κ3) is 4.02. The summed E-state index contributed by atoms with van der Waals surface area (Å²) in [4.78, 5) is 13.8. The van der Waals surface area contributed by atoms with E-state index in [1.54, 1.807) is 17.0 Å². The number of ether oxygens (including phenoxy) is 1. The third-order valence-electron chi connectivity index (χ3n) is 3.58. The molecule has 1 aromatic rings. The number of likely N-dealkylation sites (N-methyl/N-ethyl adjacent to an activating group) is 1. The van der Waals surface area contributed by atoms with E-state index >= 15 is 0 Å². The van der Waals surface area contributed by atoms with Gasteiger partial charge in [-0.2, -0.15) is 0 Å². The number of hydrogen-bond donors (Lipinski definition) is 2. The number of benzene rings is 1. The summed E-state index contributed by atoms with van der Waals surface area (Å²) >= 11 is 5.99. The molecule has 0 radical (unpaired) electrons. The normalized spacial score (nSPS) is 17.4. The van der Waals surface area contributed by atoms with Gasteiger partial charge in [0.05, 0.1) is 19.3 Å². The zero-order valence-electron chi connectivity index (χ0n) is 12.1. The van der Waals surface area contributed by atoms with Crippen LogP contribution in [-0.2, 0) is 0 Å². The summed E-state index contributed by atoms with van der Waals surface area (Å²) < 4.78 is 5.69. The summed E-state index contributed by atoms with van der Waals surface area (Å²) in [5.41, 5.74) is 0.949. The van der Waals surface area contributed by atoms with Gasteiger partial charge in [0, 0.05) is 23.7 Å². The van der Waals surface area contributed by atoms with E-state index in [-0.39, 0.29) is 18.7 Å². The highest BCUT2D eigenvalue weighted by Gasteiger charge is 2.23. The van der Waals surface area contributed by atoms with E-state index in [0.717, 1.165) is 24.2 Å². The van der Waals surface area contributed by atoms with Gasteiger partial charge in [-0.05, 0) is 31.9 Å². The Morgan fingerprint density at radius 3 is 3.10 bits per heavy atom. The maximum Gasteiger partial charge on any atom is 0.317 e. The third-order valence-corrected chi connectivity index (χ3v) is 3.82. The molecule has 0 fully saturated rings. The molecule has 0 saturated carbocycles. The van der Waals surface area contributed by atoms with E-state index in [9.17, 15) is 4.79 Å². The fourth-order valence-electron chi connectivity index (χ4n) is 2.46. The van der Waals surface area contributed by atoms with Gasteiger partial charge in [0.25, 0.3) is 0 Å². The van der Waals surface area contributed by atoms with Crippen molar-refractivity contribution in [1.82, 2.24) is 10.2 Å². The fraction of sp³-hybridized carbons (Fsp3) is 0.533. The smallest absolute Gasteiger partial charge is 0.317 e. The SMILES string of the molecule is CCN(CCO)C(=O)NC1CCCOc2cc(Cl)ccc21. The van der Waals surface area contributed by atoms with Gasteiger partial charge in [-0.3, -0.25) is 0 Å². The number of carbonyl (C=O) groups is 1. The molecule has 1 aliphatic rings. The van der Waals surface area contributed by atoms with Crippen molar-refractivity contribution < 1.29 is 14.6 Å². The van der Waals surface area contributed by atoms with Gasteiger partial charge >= 0.3 is 6.03 Å². The van der Waals surface area contributed by atoms with Crippen molar-refractivity contribution in [3.63, 3.8) is 0 Å². The van der Waals surface area contributed by atoms with Gasteiger partial charge in [0.1, 0.15) is 5.75 Å². The highest BCUT2D eigenvalue weighted by Crippen LogP contribution is 2.33. The molecule has 0 spiro atoms. The molecule has 1 aliphatic heterocycles. The lowest BCUT2D eigenvalue weighted by Crippen LogP contribution is -2.42. The topological polar surface area (TPSA) is 61.8 Å². The molecule has 2 N–H and O–H groups in total. The van der Waals surface area contributed by atoms with E-state index < -0.39 is 0 Å². The summed E-state index contributed by atoms with van der Waals surface area (Å²) in [5, 5.41) is 12.6. The van der Waals surface area contributed by atoms with Crippen LogP contribution in [0.1, 0.15) is 31.4 Å². The molecule has 2 amide bonds. The van der Waals surface area contributed by atoms with Crippen LogP contribution in [0.4, 0.5) is 4.79 Å². The summed E-state index contributed by atoms with van der Waals surface area (Å²) in [5.74, 6) is 0.732. The molecule has 5 nitrogen and oxygen atoms in total. The van der Waals surface area contributed by atoms with Crippen molar-refractivity contribution in [3.8, 4) is 5.75 Å². The molecule has 0 saturated heterocycles. The second kappa shape index (κ2) is 7.52. The number of aliphatic hydroxyl groups is 1. The Balaban J connectivity index is 2.15. The molecule has 0 bridgehead atoms. The minimum absolute atomic E-state index is 0.0404. The molecular weight excluding hydrogens is 292 g/mol. The number of halogens is 1. The van der Waals surface area contributed by atoms with Crippen molar-refractivity contribution in [2.45, 2.75) is 25.8 Å². The number of hydrogen-bond acceptors (Lipinski definition) is 3. The Morgan fingerprint density at radius 1 is 1.57 bits per heavy atom. The Hall–Kier alpha value is -1.46. The molecule has 2 rings (SSSR count). The van der Waals surface area contributed by atoms with Crippen LogP contribution in [0.25, 0.3) is 0 Å². The molecule has 6 heteroatoms. The summed E-state index contributed by atoms with van der Waals surface area (Å²) in [7, 11) is 0. The van der Waals surface area contributed by atoms with Crippen LogP contribution in [0.3, 0.4) is 0 Å². The predicted octanol–water partition coefficient (Wildman–Crippen LogP) is 2.58. The van der Waals surface area contributed by atoms with Crippen molar-refractivity contribution >= 4 is 17.6 Å². The Kier molecular flexibility index (Phi) is 5.70. The average Bonchev–Trinajstić information content (AvgIpc) is 2.66.